The highest BCUT2D eigenvalue weighted by atomic mass is 32.1. The second-order valence-corrected chi connectivity index (χ2v) is 7.39. The predicted octanol–water partition coefficient (Wildman–Crippen LogP) is 3.96. The molecule has 3 N–H and O–H groups in total. The molecule has 2 aromatic carbocycles. The van der Waals surface area contributed by atoms with Gasteiger partial charge in [-0.2, -0.15) is 0 Å². The highest BCUT2D eigenvalue weighted by molar-refractivity contribution is 7.80. The van der Waals surface area contributed by atoms with E-state index in [-0.39, 0.29) is 10.8 Å². The molecular weight excluding hydrogens is 398 g/mol. The number of piperidine rings is 1. The van der Waals surface area contributed by atoms with E-state index < -0.39 is 5.91 Å². The fourth-order valence-electron chi connectivity index (χ4n) is 3.33. The number of carbonyl (C=O) groups excluding carboxylic acids is 1. The largest absolute Gasteiger partial charge is 0.420 e. The first kappa shape index (κ1) is 19.9. The number of para-hydroxylation sites is 1. The van der Waals surface area contributed by atoms with Crippen molar-refractivity contribution in [1.82, 2.24) is 15.8 Å². The van der Waals surface area contributed by atoms with Gasteiger partial charge in [-0.3, -0.25) is 15.6 Å². The second kappa shape index (κ2) is 9.41. The average Bonchev–Trinajstić information content (AvgIpc) is 3.25. The summed E-state index contributed by atoms with van der Waals surface area (Å²) in [4.78, 5) is 19.5. The number of nitrogens with one attached hydrogen (secondary N) is 3. The third-order valence-corrected chi connectivity index (χ3v) is 5.01. The number of hydrazine groups is 1. The Morgan fingerprint density at radius 2 is 1.60 bits per heavy atom. The molecule has 8 heteroatoms. The van der Waals surface area contributed by atoms with Crippen LogP contribution in [0.3, 0.4) is 0 Å². The number of rotatable bonds is 4. The first-order chi connectivity index (χ1) is 14.7. The fourth-order valence-corrected chi connectivity index (χ4v) is 3.50. The summed E-state index contributed by atoms with van der Waals surface area (Å²) in [5.41, 5.74) is 7.24. The van der Waals surface area contributed by atoms with Crippen LogP contribution in [0.2, 0.25) is 0 Å². The van der Waals surface area contributed by atoms with Gasteiger partial charge in [-0.05, 0) is 55.7 Å². The number of anilines is 2. The van der Waals surface area contributed by atoms with E-state index in [2.05, 4.69) is 26.1 Å². The molecule has 2 heterocycles. The minimum Gasteiger partial charge on any atom is -0.420 e. The van der Waals surface area contributed by atoms with Gasteiger partial charge in [0.2, 0.25) is 11.8 Å². The van der Waals surface area contributed by atoms with E-state index in [0.29, 0.717) is 11.8 Å². The molecule has 7 nitrogen and oxygen atoms in total. The topological polar surface area (TPSA) is 82.4 Å². The van der Waals surface area contributed by atoms with Crippen LogP contribution in [0.4, 0.5) is 11.6 Å². The highest BCUT2D eigenvalue weighted by Crippen LogP contribution is 2.30. The van der Waals surface area contributed by atoms with Gasteiger partial charge in [-0.25, -0.2) is 4.98 Å². The van der Waals surface area contributed by atoms with Gasteiger partial charge in [-0.15, -0.1) is 0 Å². The number of benzene rings is 2. The maximum atomic E-state index is 12.9. The molecule has 1 amide bonds. The summed E-state index contributed by atoms with van der Waals surface area (Å²) < 4.78 is 6.04. The Kier molecular flexibility index (Phi) is 6.24. The maximum Gasteiger partial charge on any atom is 0.293 e. The minimum atomic E-state index is -0.404. The predicted molar refractivity (Wildman–Crippen MR) is 121 cm³/mol. The van der Waals surface area contributed by atoms with Gasteiger partial charge in [0.15, 0.2) is 10.8 Å². The van der Waals surface area contributed by atoms with E-state index in [9.17, 15) is 4.79 Å². The first-order valence-corrected chi connectivity index (χ1v) is 10.3. The standard InChI is InChI=1S/C22H23N5O2S/c28-19(25-26-22(30)23-17-12-6-2-7-13-17)18-21(27-14-8-3-9-15-27)29-20(24-18)16-10-4-1-5-11-16/h1-2,4-7,10-13H,3,8-9,14-15H2,(H,25,28)(H2,23,26,30). The Balaban J connectivity index is 1.50. The summed E-state index contributed by atoms with van der Waals surface area (Å²) in [5, 5.41) is 3.29. The Hall–Kier alpha value is -3.39. The minimum absolute atomic E-state index is 0.241. The van der Waals surface area contributed by atoms with Gasteiger partial charge in [0.25, 0.3) is 5.91 Å². The number of hydrogen-bond acceptors (Lipinski definition) is 5. The summed E-state index contributed by atoms with van der Waals surface area (Å²) in [5.74, 6) is 0.514. The van der Waals surface area contributed by atoms with Gasteiger partial charge < -0.3 is 14.6 Å². The summed E-state index contributed by atoms with van der Waals surface area (Å²) in [6, 6.07) is 19.0. The molecule has 1 fully saturated rings. The van der Waals surface area contributed by atoms with Crippen molar-refractivity contribution in [2.75, 3.05) is 23.3 Å². The molecular formula is C22H23N5O2S. The Labute approximate surface area is 180 Å². The van der Waals surface area contributed by atoms with Crippen LogP contribution >= 0.6 is 12.2 Å². The van der Waals surface area contributed by atoms with Gasteiger partial charge >= 0.3 is 0 Å². The maximum absolute atomic E-state index is 12.9. The molecule has 0 unspecified atom stereocenters. The lowest BCUT2D eigenvalue weighted by Gasteiger charge is -2.26. The van der Waals surface area contributed by atoms with Gasteiger partial charge in [-0.1, -0.05) is 36.4 Å². The van der Waals surface area contributed by atoms with Crippen LogP contribution < -0.4 is 21.1 Å². The van der Waals surface area contributed by atoms with Crippen molar-refractivity contribution in [1.29, 1.82) is 0 Å². The summed E-state index contributed by atoms with van der Waals surface area (Å²) in [6.07, 6.45) is 3.30. The molecule has 1 aliphatic rings. The third kappa shape index (κ3) is 4.77. The number of amides is 1. The molecule has 0 bridgehead atoms. The van der Waals surface area contributed by atoms with Crippen molar-refractivity contribution in [2.24, 2.45) is 0 Å². The van der Waals surface area contributed by atoms with Crippen LogP contribution in [0, 0.1) is 0 Å². The average molecular weight is 422 g/mol. The van der Waals surface area contributed by atoms with Crippen molar-refractivity contribution in [3.63, 3.8) is 0 Å². The normalized spacial score (nSPS) is 13.5. The Morgan fingerprint density at radius 3 is 2.30 bits per heavy atom. The summed E-state index contributed by atoms with van der Waals surface area (Å²) in [6.45, 7) is 1.68. The monoisotopic (exact) mass is 421 g/mol. The van der Waals surface area contributed by atoms with Crippen molar-refractivity contribution < 1.29 is 9.21 Å². The lowest BCUT2D eigenvalue weighted by Crippen LogP contribution is -2.44. The number of hydrogen-bond donors (Lipinski definition) is 3. The van der Waals surface area contributed by atoms with Crippen LogP contribution in [0.5, 0.6) is 0 Å². The zero-order valence-electron chi connectivity index (χ0n) is 16.4. The van der Waals surface area contributed by atoms with Gasteiger partial charge in [0.05, 0.1) is 0 Å². The molecule has 4 rings (SSSR count). The van der Waals surface area contributed by atoms with Gasteiger partial charge in [0, 0.05) is 24.3 Å². The molecule has 0 aliphatic carbocycles. The number of oxazole rings is 1. The van der Waals surface area contributed by atoms with Crippen LogP contribution in [0.15, 0.2) is 65.1 Å². The zero-order chi connectivity index (χ0) is 20.8. The highest BCUT2D eigenvalue weighted by Gasteiger charge is 2.26. The van der Waals surface area contributed by atoms with Crippen molar-refractivity contribution in [2.45, 2.75) is 19.3 Å². The van der Waals surface area contributed by atoms with Crippen LogP contribution in [0.25, 0.3) is 11.5 Å². The number of carbonyl (C=O) groups is 1. The van der Waals surface area contributed by atoms with E-state index >= 15 is 0 Å². The number of aromatic nitrogens is 1. The second-order valence-electron chi connectivity index (χ2n) is 6.99. The van der Waals surface area contributed by atoms with E-state index in [1.165, 1.54) is 6.42 Å². The fraction of sp³-hybridized carbons (Fsp3) is 0.227. The zero-order valence-corrected chi connectivity index (χ0v) is 17.2. The van der Waals surface area contributed by atoms with E-state index in [1.807, 2.05) is 60.7 Å². The molecule has 3 aromatic rings. The van der Waals surface area contributed by atoms with Gasteiger partial charge in [0.1, 0.15) is 0 Å². The lowest BCUT2D eigenvalue weighted by atomic mass is 10.1. The molecule has 0 spiro atoms. The molecule has 1 aliphatic heterocycles. The van der Waals surface area contributed by atoms with Crippen LogP contribution in [-0.4, -0.2) is 29.1 Å². The summed E-state index contributed by atoms with van der Waals surface area (Å²) >= 11 is 5.25. The van der Waals surface area contributed by atoms with Crippen LogP contribution in [0.1, 0.15) is 29.8 Å². The smallest absolute Gasteiger partial charge is 0.293 e. The lowest BCUT2D eigenvalue weighted by molar-refractivity contribution is 0.0939. The third-order valence-electron chi connectivity index (χ3n) is 4.81. The molecule has 1 aromatic heterocycles. The molecule has 0 atom stereocenters. The van der Waals surface area contributed by atoms with Crippen LogP contribution in [-0.2, 0) is 0 Å². The quantitative estimate of drug-likeness (QED) is 0.434. The van der Waals surface area contributed by atoms with Crippen molar-refractivity contribution in [3.8, 4) is 11.5 Å². The van der Waals surface area contributed by atoms with E-state index in [1.54, 1.807) is 0 Å². The van der Waals surface area contributed by atoms with Crippen molar-refractivity contribution >= 4 is 34.8 Å². The SMILES string of the molecule is O=C(NNC(=S)Nc1ccccc1)c1nc(-c2ccccc2)oc1N1CCCCC1. The number of thiocarbonyl (C=S) groups is 1. The molecule has 1 saturated heterocycles. The first-order valence-electron chi connectivity index (χ1n) is 9.94. The molecule has 0 saturated carbocycles. The summed E-state index contributed by atoms with van der Waals surface area (Å²) in [7, 11) is 0. The molecule has 30 heavy (non-hydrogen) atoms. The molecule has 0 radical (unpaired) electrons. The molecule has 154 valence electrons. The Morgan fingerprint density at radius 1 is 0.933 bits per heavy atom. The van der Waals surface area contributed by atoms with E-state index in [0.717, 1.165) is 37.2 Å². The van der Waals surface area contributed by atoms with Crippen molar-refractivity contribution in [3.05, 3.63) is 66.4 Å². The Bertz CT molecular complexity index is 1000. The van der Waals surface area contributed by atoms with E-state index in [4.69, 9.17) is 16.6 Å². The number of nitrogens with zero attached hydrogens (tertiary/aromatic N) is 2.